The van der Waals surface area contributed by atoms with Gasteiger partial charge in [-0.2, -0.15) is 0 Å². The number of hydrogen-bond donors (Lipinski definition) is 4. The highest BCUT2D eigenvalue weighted by atomic mass is 16.4. The van der Waals surface area contributed by atoms with Crippen LogP contribution in [0.15, 0.2) is 42.6 Å². The van der Waals surface area contributed by atoms with Crippen LogP contribution < -0.4 is 11.1 Å². The van der Waals surface area contributed by atoms with E-state index in [0.717, 1.165) is 17.0 Å². The van der Waals surface area contributed by atoms with Gasteiger partial charge in [0.2, 0.25) is 0 Å². The molecule has 3 aromatic rings. The number of fused-ring (bicyclic) bond motifs is 1. The lowest BCUT2D eigenvalue weighted by atomic mass is 10.1. The number of nitrogen functional groups attached to an aromatic ring is 1. The highest BCUT2D eigenvalue weighted by Gasteiger charge is 2.13. The summed E-state index contributed by atoms with van der Waals surface area (Å²) in [6, 6.07) is 10.6. The number of hydrogen-bond acceptors (Lipinski definition) is 4. The second-order valence-electron chi connectivity index (χ2n) is 6.08. The van der Waals surface area contributed by atoms with E-state index >= 15 is 0 Å². The lowest BCUT2D eigenvalue weighted by molar-refractivity contribution is -0.136. The average molecular weight is 365 g/mol. The summed E-state index contributed by atoms with van der Waals surface area (Å²) >= 11 is 0. The normalized spacial score (nSPS) is 10.7. The lowest BCUT2D eigenvalue weighted by Gasteiger charge is -2.05. The van der Waals surface area contributed by atoms with Crippen molar-refractivity contribution >= 4 is 23.4 Å². The van der Waals surface area contributed by atoms with Gasteiger partial charge in [0.15, 0.2) is 0 Å². The first kappa shape index (κ1) is 18.1. The summed E-state index contributed by atoms with van der Waals surface area (Å²) in [4.78, 5) is 27.4. The van der Waals surface area contributed by atoms with Crippen molar-refractivity contribution in [1.82, 2.24) is 14.7 Å². The number of imidazole rings is 1. The molecule has 0 bridgehead atoms. The van der Waals surface area contributed by atoms with E-state index < -0.39 is 5.97 Å². The maximum Gasteiger partial charge on any atom is 0.305 e. The second kappa shape index (κ2) is 7.28. The molecule has 0 aliphatic rings. The molecule has 2 heterocycles. The third-order valence-corrected chi connectivity index (χ3v) is 4.21. The van der Waals surface area contributed by atoms with Crippen LogP contribution in [0.25, 0.3) is 16.9 Å². The Bertz CT molecular complexity index is 1040. The molecule has 5 N–H and O–H groups in total. The first-order valence-electron chi connectivity index (χ1n) is 8.30. The van der Waals surface area contributed by atoms with E-state index in [-0.39, 0.29) is 24.7 Å². The van der Waals surface area contributed by atoms with Crippen molar-refractivity contribution in [1.29, 1.82) is 5.41 Å². The quantitative estimate of drug-likeness (QED) is 0.390. The molecular formula is C19H19N5O3. The van der Waals surface area contributed by atoms with Crippen molar-refractivity contribution in [2.45, 2.75) is 13.3 Å². The summed E-state index contributed by atoms with van der Waals surface area (Å²) in [5.74, 6) is -1.29. The molecule has 1 amide bonds. The molecule has 0 unspecified atom stereocenters. The van der Waals surface area contributed by atoms with Gasteiger partial charge in [0.25, 0.3) is 5.91 Å². The van der Waals surface area contributed by atoms with Gasteiger partial charge in [0, 0.05) is 29.6 Å². The molecule has 0 aliphatic carbocycles. The van der Waals surface area contributed by atoms with Gasteiger partial charge in [-0.05, 0) is 19.1 Å². The van der Waals surface area contributed by atoms with Crippen LogP contribution in [0.5, 0.6) is 0 Å². The molecule has 0 atom stereocenters. The molecule has 3 rings (SSSR count). The van der Waals surface area contributed by atoms with Gasteiger partial charge in [-0.3, -0.25) is 15.0 Å². The number of carbonyl (C=O) groups excluding carboxylic acids is 1. The van der Waals surface area contributed by atoms with Crippen LogP contribution >= 0.6 is 0 Å². The Morgan fingerprint density at radius 2 is 1.85 bits per heavy atom. The van der Waals surface area contributed by atoms with Crippen molar-refractivity contribution < 1.29 is 14.7 Å². The first-order valence-corrected chi connectivity index (χ1v) is 8.30. The number of nitrogens with zero attached hydrogens (tertiary/aromatic N) is 2. The number of nitrogens with two attached hydrogens (primary N) is 1. The molecule has 138 valence electrons. The minimum absolute atomic E-state index is 0.00632. The third kappa shape index (κ3) is 3.79. The maximum atomic E-state index is 12.2. The number of carboxylic acids is 1. The Morgan fingerprint density at radius 3 is 2.48 bits per heavy atom. The largest absolute Gasteiger partial charge is 0.481 e. The van der Waals surface area contributed by atoms with E-state index in [0.29, 0.717) is 16.8 Å². The zero-order valence-corrected chi connectivity index (χ0v) is 14.7. The summed E-state index contributed by atoms with van der Waals surface area (Å²) in [6.07, 6.45) is 1.56. The summed E-state index contributed by atoms with van der Waals surface area (Å²) < 4.78 is 1.82. The fourth-order valence-corrected chi connectivity index (χ4v) is 2.76. The zero-order valence-electron chi connectivity index (χ0n) is 14.7. The van der Waals surface area contributed by atoms with Crippen LogP contribution in [0.4, 0.5) is 0 Å². The number of rotatable bonds is 6. The van der Waals surface area contributed by atoms with Crippen LogP contribution in [0.1, 0.15) is 28.0 Å². The second-order valence-corrected chi connectivity index (χ2v) is 6.08. The van der Waals surface area contributed by atoms with Gasteiger partial charge in [0.1, 0.15) is 11.5 Å². The summed E-state index contributed by atoms with van der Waals surface area (Å²) in [6.45, 7) is 1.98. The van der Waals surface area contributed by atoms with E-state index in [9.17, 15) is 9.59 Å². The predicted molar refractivity (Wildman–Crippen MR) is 101 cm³/mol. The molecule has 0 spiro atoms. The van der Waals surface area contributed by atoms with E-state index in [1.165, 1.54) is 0 Å². The van der Waals surface area contributed by atoms with Gasteiger partial charge in [-0.15, -0.1) is 0 Å². The number of aliphatic carboxylic acids is 1. The van der Waals surface area contributed by atoms with Gasteiger partial charge in [-0.25, -0.2) is 4.98 Å². The topological polar surface area (TPSA) is 134 Å². The molecule has 0 saturated heterocycles. The molecule has 2 aromatic heterocycles. The monoisotopic (exact) mass is 365 g/mol. The summed E-state index contributed by atoms with van der Waals surface area (Å²) in [5.41, 5.74) is 9.76. The molecule has 0 aliphatic heterocycles. The summed E-state index contributed by atoms with van der Waals surface area (Å²) in [5, 5.41) is 18.7. The van der Waals surface area contributed by atoms with E-state index in [1.807, 2.05) is 23.5 Å². The fourth-order valence-electron chi connectivity index (χ4n) is 2.76. The SMILES string of the molecule is Cc1c(-c2ccc(C(=N)N)cc2)nc2ccc(C(=O)NCCC(=O)O)cn12. The number of benzene rings is 1. The van der Waals surface area contributed by atoms with E-state index in [1.54, 1.807) is 30.5 Å². The number of nitrogens with one attached hydrogen (secondary N) is 2. The standard InChI is InChI=1S/C19H19N5O3/c1-11-17(12-2-4-13(5-3-12)18(20)21)23-15-7-6-14(10-24(11)15)19(27)22-9-8-16(25)26/h2-7,10H,8-9H2,1H3,(H3,20,21)(H,22,27)(H,25,26). The Labute approximate surface area is 155 Å². The molecule has 8 nitrogen and oxygen atoms in total. The fraction of sp³-hybridized carbons (Fsp3) is 0.158. The molecule has 0 saturated carbocycles. The average Bonchev–Trinajstić information content (AvgIpc) is 2.97. The highest BCUT2D eigenvalue weighted by Crippen LogP contribution is 2.24. The predicted octanol–water partition coefficient (Wildman–Crippen LogP) is 1.80. The van der Waals surface area contributed by atoms with Crippen LogP contribution in [0.3, 0.4) is 0 Å². The van der Waals surface area contributed by atoms with Gasteiger partial charge in [-0.1, -0.05) is 24.3 Å². The molecule has 27 heavy (non-hydrogen) atoms. The lowest BCUT2D eigenvalue weighted by Crippen LogP contribution is -2.26. The van der Waals surface area contributed by atoms with Crippen molar-refractivity contribution in [3.63, 3.8) is 0 Å². The van der Waals surface area contributed by atoms with Crippen molar-refractivity contribution in [3.05, 3.63) is 59.4 Å². The van der Waals surface area contributed by atoms with Crippen molar-refractivity contribution in [2.24, 2.45) is 5.73 Å². The first-order chi connectivity index (χ1) is 12.9. The molecule has 0 fully saturated rings. The van der Waals surface area contributed by atoms with Crippen molar-refractivity contribution in [3.8, 4) is 11.3 Å². The molecule has 8 heteroatoms. The van der Waals surface area contributed by atoms with Gasteiger partial charge in [0.05, 0.1) is 17.7 Å². The minimum atomic E-state index is -0.961. The molecular weight excluding hydrogens is 346 g/mol. The number of aryl methyl sites for hydroxylation is 1. The molecule has 0 radical (unpaired) electrons. The highest BCUT2D eigenvalue weighted by molar-refractivity contribution is 5.95. The van der Waals surface area contributed by atoms with Crippen LogP contribution in [0, 0.1) is 12.3 Å². The minimum Gasteiger partial charge on any atom is -0.481 e. The van der Waals surface area contributed by atoms with Gasteiger partial charge >= 0.3 is 5.97 Å². The Balaban J connectivity index is 1.89. The van der Waals surface area contributed by atoms with Gasteiger partial charge < -0.3 is 20.6 Å². The third-order valence-electron chi connectivity index (χ3n) is 4.21. The number of amidine groups is 1. The molecule has 1 aromatic carbocycles. The zero-order chi connectivity index (χ0) is 19.6. The number of aromatic nitrogens is 2. The van der Waals surface area contributed by atoms with Crippen LogP contribution in [-0.2, 0) is 4.79 Å². The van der Waals surface area contributed by atoms with Crippen LogP contribution in [-0.4, -0.2) is 38.7 Å². The number of amides is 1. The van der Waals surface area contributed by atoms with E-state index in [4.69, 9.17) is 16.2 Å². The van der Waals surface area contributed by atoms with E-state index in [2.05, 4.69) is 10.3 Å². The number of carboxylic acid groups (broad SMARTS) is 1. The number of pyridine rings is 1. The Hall–Kier alpha value is -3.68. The summed E-state index contributed by atoms with van der Waals surface area (Å²) in [7, 11) is 0. The Morgan fingerprint density at radius 1 is 1.19 bits per heavy atom. The van der Waals surface area contributed by atoms with Crippen LogP contribution in [0.2, 0.25) is 0 Å². The smallest absolute Gasteiger partial charge is 0.305 e. The van der Waals surface area contributed by atoms with Crippen molar-refractivity contribution in [2.75, 3.05) is 6.54 Å². The maximum absolute atomic E-state index is 12.2. The number of carbonyl (C=O) groups is 2. The Kier molecular flexibility index (Phi) is 4.89.